The van der Waals surface area contributed by atoms with Crippen LogP contribution in [0.2, 0.25) is 0 Å². The Morgan fingerprint density at radius 2 is 2.22 bits per heavy atom. The van der Waals surface area contributed by atoms with E-state index in [-0.39, 0.29) is 0 Å². The van der Waals surface area contributed by atoms with Gasteiger partial charge in [0.1, 0.15) is 5.75 Å². The lowest BCUT2D eigenvalue weighted by Crippen LogP contribution is -2.23. The summed E-state index contributed by atoms with van der Waals surface area (Å²) in [5.74, 6) is 1.54. The molecule has 18 heavy (non-hydrogen) atoms. The summed E-state index contributed by atoms with van der Waals surface area (Å²) in [6, 6.07) is 12.3. The number of aromatic nitrogens is 1. The largest absolute Gasteiger partial charge is 0.493 e. The topological polar surface area (TPSA) is 22.1 Å². The van der Waals surface area contributed by atoms with Gasteiger partial charge in [0.05, 0.1) is 6.61 Å². The summed E-state index contributed by atoms with van der Waals surface area (Å²) in [6.07, 6.45) is 3.90. The minimum Gasteiger partial charge on any atom is -0.493 e. The van der Waals surface area contributed by atoms with E-state index in [0.717, 1.165) is 35.4 Å². The summed E-state index contributed by atoms with van der Waals surface area (Å²) in [5, 5.41) is 0. The van der Waals surface area contributed by atoms with Crippen molar-refractivity contribution in [2.45, 2.75) is 12.8 Å². The number of hydrogen-bond donors (Lipinski definition) is 0. The Kier molecular flexibility index (Phi) is 3.33. The molecule has 92 valence electrons. The lowest BCUT2D eigenvalue weighted by atomic mass is 9.93. The lowest BCUT2D eigenvalue weighted by Gasteiger charge is -2.25. The predicted octanol–water partition coefficient (Wildman–Crippen LogP) is 3.64. The SMILES string of the molecule is Brc1ccc2c(c1)OC[C@H](Cc1ccccn1)C2. The normalized spacial score (nSPS) is 17.9. The summed E-state index contributed by atoms with van der Waals surface area (Å²) in [7, 11) is 0. The Hall–Kier alpha value is -1.35. The highest BCUT2D eigenvalue weighted by Gasteiger charge is 2.20. The zero-order chi connectivity index (χ0) is 12.4. The third-order valence-corrected chi connectivity index (χ3v) is 3.73. The minimum absolute atomic E-state index is 0.522. The van der Waals surface area contributed by atoms with Crippen LogP contribution in [0.15, 0.2) is 47.1 Å². The first-order chi connectivity index (χ1) is 8.81. The average molecular weight is 304 g/mol. The van der Waals surface area contributed by atoms with Gasteiger partial charge in [-0.1, -0.05) is 28.1 Å². The quantitative estimate of drug-likeness (QED) is 0.845. The maximum atomic E-state index is 5.83. The Morgan fingerprint density at radius 3 is 3.06 bits per heavy atom. The van der Waals surface area contributed by atoms with Gasteiger partial charge in [-0.15, -0.1) is 0 Å². The smallest absolute Gasteiger partial charge is 0.123 e. The number of fused-ring (bicyclic) bond motifs is 1. The van der Waals surface area contributed by atoms with Crippen molar-refractivity contribution in [3.8, 4) is 5.75 Å². The number of ether oxygens (including phenoxy) is 1. The van der Waals surface area contributed by atoms with Gasteiger partial charge in [-0.05, 0) is 42.7 Å². The van der Waals surface area contributed by atoms with Crippen molar-refractivity contribution in [1.29, 1.82) is 0 Å². The van der Waals surface area contributed by atoms with E-state index in [9.17, 15) is 0 Å². The van der Waals surface area contributed by atoms with Crippen molar-refractivity contribution in [3.05, 3.63) is 58.3 Å². The number of pyridine rings is 1. The molecular formula is C15H14BrNO. The number of halogens is 1. The van der Waals surface area contributed by atoms with Crippen molar-refractivity contribution in [2.24, 2.45) is 5.92 Å². The Labute approximate surface area is 115 Å². The monoisotopic (exact) mass is 303 g/mol. The molecule has 0 saturated carbocycles. The van der Waals surface area contributed by atoms with Crippen LogP contribution in [-0.4, -0.2) is 11.6 Å². The second-order valence-corrected chi connectivity index (χ2v) is 5.57. The third kappa shape index (κ3) is 2.56. The molecule has 0 unspecified atom stereocenters. The highest BCUT2D eigenvalue weighted by molar-refractivity contribution is 9.10. The summed E-state index contributed by atoms with van der Waals surface area (Å²) >= 11 is 3.47. The molecule has 0 spiro atoms. The van der Waals surface area contributed by atoms with Gasteiger partial charge >= 0.3 is 0 Å². The zero-order valence-electron chi connectivity index (χ0n) is 9.97. The molecule has 0 N–H and O–H groups in total. The van der Waals surface area contributed by atoms with Gasteiger partial charge in [0, 0.05) is 22.3 Å². The van der Waals surface area contributed by atoms with E-state index in [0.29, 0.717) is 5.92 Å². The molecule has 2 aromatic rings. The highest BCUT2D eigenvalue weighted by Crippen LogP contribution is 2.31. The van der Waals surface area contributed by atoms with Gasteiger partial charge < -0.3 is 4.74 Å². The van der Waals surface area contributed by atoms with Crippen LogP contribution in [0.1, 0.15) is 11.3 Å². The van der Waals surface area contributed by atoms with E-state index in [1.165, 1.54) is 5.56 Å². The lowest BCUT2D eigenvalue weighted by molar-refractivity contribution is 0.220. The van der Waals surface area contributed by atoms with Gasteiger partial charge in [0.2, 0.25) is 0 Å². The number of nitrogens with zero attached hydrogens (tertiary/aromatic N) is 1. The van der Waals surface area contributed by atoms with Gasteiger partial charge in [-0.2, -0.15) is 0 Å². The molecule has 2 nitrogen and oxygen atoms in total. The van der Waals surface area contributed by atoms with E-state index >= 15 is 0 Å². The van der Waals surface area contributed by atoms with Crippen LogP contribution in [0, 0.1) is 5.92 Å². The van der Waals surface area contributed by atoms with Gasteiger partial charge in [0.25, 0.3) is 0 Å². The summed E-state index contributed by atoms with van der Waals surface area (Å²) in [5.41, 5.74) is 2.44. The molecule has 3 rings (SSSR count). The Bertz CT molecular complexity index is 541. The molecule has 2 heterocycles. The first kappa shape index (κ1) is 11.7. The molecule has 0 amide bonds. The predicted molar refractivity (Wildman–Crippen MR) is 74.8 cm³/mol. The fourth-order valence-corrected chi connectivity index (χ4v) is 2.69. The van der Waals surface area contributed by atoms with Crippen molar-refractivity contribution >= 4 is 15.9 Å². The first-order valence-electron chi connectivity index (χ1n) is 6.12. The summed E-state index contributed by atoms with van der Waals surface area (Å²) < 4.78 is 6.90. The standard InChI is InChI=1S/C15H14BrNO/c16-13-5-4-12-7-11(10-18-15(12)9-13)8-14-3-1-2-6-17-14/h1-6,9,11H,7-8,10H2/t11-/m0/s1. The Balaban J connectivity index is 1.73. The van der Waals surface area contributed by atoms with Crippen LogP contribution >= 0.6 is 15.9 Å². The molecule has 1 aromatic carbocycles. The molecule has 0 aliphatic carbocycles. The second-order valence-electron chi connectivity index (χ2n) is 4.66. The Morgan fingerprint density at radius 1 is 1.28 bits per heavy atom. The van der Waals surface area contributed by atoms with Crippen LogP contribution in [-0.2, 0) is 12.8 Å². The third-order valence-electron chi connectivity index (χ3n) is 3.24. The average Bonchev–Trinajstić information content (AvgIpc) is 2.40. The first-order valence-corrected chi connectivity index (χ1v) is 6.92. The van der Waals surface area contributed by atoms with E-state index in [2.05, 4.69) is 39.1 Å². The fourth-order valence-electron chi connectivity index (χ4n) is 2.35. The molecule has 1 aliphatic heterocycles. The summed E-state index contributed by atoms with van der Waals surface area (Å²) in [6.45, 7) is 0.778. The maximum Gasteiger partial charge on any atom is 0.123 e. The second kappa shape index (κ2) is 5.11. The molecular weight excluding hydrogens is 290 g/mol. The van der Waals surface area contributed by atoms with Gasteiger partial charge in [0.15, 0.2) is 0 Å². The number of benzene rings is 1. The molecule has 0 fully saturated rings. The zero-order valence-corrected chi connectivity index (χ0v) is 11.6. The van der Waals surface area contributed by atoms with Crippen LogP contribution in [0.4, 0.5) is 0 Å². The molecule has 0 saturated heterocycles. The molecule has 3 heteroatoms. The van der Waals surface area contributed by atoms with Crippen LogP contribution in [0.5, 0.6) is 5.75 Å². The molecule has 1 aromatic heterocycles. The molecule has 0 bridgehead atoms. The van der Waals surface area contributed by atoms with E-state index < -0.39 is 0 Å². The van der Waals surface area contributed by atoms with Crippen LogP contribution in [0.25, 0.3) is 0 Å². The van der Waals surface area contributed by atoms with Crippen molar-refractivity contribution in [1.82, 2.24) is 4.98 Å². The van der Waals surface area contributed by atoms with Crippen LogP contribution in [0.3, 0.4) is 0 Å². The van der Waals surface area contributed by atoms with E-state index in [1.807, 2.05) is 24.4 Å². The van der Waals surface area contributed by atoms with E-state index in [4.69, 9.17) is 4.74 Å². The highest BCUT2D eigenvalue weighted by atomic mass is 79.9. The minimum atomic E-state index is 0.522. The molecule has 1 atom stereocenters. The van der Waals surface area contributed by atoms with Gasteiger partial charge in [-0.25, -0.2) is 0 Å². The van der Waals surface area contributed by atoms with Crippen molar-refractivity contribution in [3.63, 3.8) is 0 Å². The molecule has 1 aliphatic rings. The fraction of sp³-hybridized carbons (Fsp3) is 0.267. The number of rotatable bonds is 2. The van der Waals surface area contributed by atoms with Crippen molar-refractivity contribution in [2.75, 3.05) is 6.61 Å². The molecule has 0 radical (unpaired) electrons. The van der Waals surface area contributed by atoms with E-state index in [1.54, 1.807) is 0 Å². The maximum absolute atomic E-state index is 5.83. The number of hydrogen-bond acceptors (Lipinski definition) is 2. The summed E-state index contributed by atoms with van der Waals surface area (Å²) in [4.78, 5) is 4.38. The van der Waals surface area contributed by atoms with Crippen molar-refractivity contribution < 1.29 is 4.74 Å². The van der Waals surface area contributed by atoms with Crippen LogP contribution < -0.4 is 4.74 Å². The van der Waals surface area contributed by atoms with Gasteiger partial charge in [-0.3, -0.25) is 4.98 Å².